The Balaban J connectivity index is 2.78. The van der Waals surface area contributed by atoms with Crippen molar-refractivity contribution in [3.8, 4) is 0 Å². The van der Waals surface area contributed by atoms with Crippen LogP contribution in [0.1, 0.15) is 50.2 Å². The molecule has 0 N–H and O–H groups in total. The Kier molecular flexibility index (Phi) is 5.01. The van der Waals surface area contributed by atoms with Crippen LogP contribution < -0.4 is 0 Å². The summed E-state index contributed by atoms with van der Waals surface area (Å²) in [5, 5.41) is 0.810. The summed E-state index contributed by atoms with van der Waals surface area (Å²) in [6.45, 7) is 5.83. The predicted octanol–water partition coefficient (Wildman–Crippen LogP) is 4.51. The van der Waals surface area contributed by atoms with Crippen molar-refractivity contribution in [3.05, 3.63) is 34.3 Å². The van der Waals surface area contributed by atoms with Gasteiger partial charge in [-0.3, -0.25) is 0 Å². The van der Waals surface area contributed by atoms with Crippen molar-refractivity contribution in [3.63, 3.8) is 0 Å². The van der Waals surface area contributed by atoms with Crippen molar-refractivity contribution in [1.82, 2.24) is 0 Å². The average Bonchev–Trinajstić information content (AvgIpc) is 2.23. The van der Waals surface area contributed by atoms with Gasteiger partial charge in [0.2, 0.25) is 0 Å². The molecule has 0 aliphatic rings. The van der Waals surface area contributed by atoms with E-state index in [4.69, 9.17) is 11.6 Å². The lowest BCUT2D eigenvalue weighted by Gasteiger charge is -2.15. The van der Waals surface area contributed by atoms with Crippen molar-refractivity contribution in [2.24, 2.45) is 0 Å². The summed E-state index contributed by atoms with van der Waals surface area (Å²) in [6.07, 6.45) is 2.67. The van der Waals surface area contributed by atoms with Crippen LogP contribution in [-0.2, 0) is 4.79 Å². The molecule has 1 nitrogen and oxygen atoms in total. The van der Waals surface area contributed by atoms with Gasteiger partial charge in [0.05, 0.1) is 0 Å². The van der Waals surface area contributed by atoms with Gasteiger partial charge in [0, 0.05) is 11.4 Å². The molecular weight excluding hydrogens is 220 g/mol. The van der Waals surface area contributed by atoms with Crippen molar-refractivity contribution in [1.29, 1.82) is 0 Å². The zero-order valence-electron chi connectivity index (χ0n) is 10.2. The monoisotopic (exact) mass is 238 g/mol. The van der Waals surface area contributed by atoms with Crippen molar-refractivity contribution in [2.45, 2.75) is 46.0 Å². The lowest BCUT2D eigenvalue weighted by Crippen LogP contribution is -2.01. The van der Waals surface area contributed by atoms with Gasteiger partial charge in [0.1, 0.15) is 5.78 Å². The van der Waals surface area contributed by atoms with E-state index in [0.717, 1.165) is 23.4 Å². The summed E-state index contributed by atoms with van der Waals surface area (Å²) >= 11 is 6.00. The Labute approximate surface area is 103 Å². The third kappa shape index (κ3) is 3.64. The fraction of sp³-hybridized carbons (Fsp3) is 0.500. The molecule has 1 aromatic rings. The zero-order valence-corrected chi connectivity index (χ0v) is 11.0. The van der Waals surface area contributed by atoms with Gasteiger partial charge in [0.25, 0.3) is 0 Å². The molecule has 0 saturated carbocycles. The largest absolute Gasteiger partial charge is 0.300 e. The number of benzene rings is 1. The van der Waals surface area contributed by atoms with Crippen molar-refractivity contribution in [2.75, 3.05) is 0 Å². The first-order valence-electron chi connectivity index (χ1n) is 5.80. The molecule has 0 amide bonds. The van der Waals surface area contributed by atoms with E-state index in [1.807, 2.05) is 13.0 Å². The summed E-state index contributed by atoms with van der Waals surface area (Å²) < 4.78 is 0. The molecule has 16 heavy (non-hydrogen) atoms. The van der Waals surface area contributed by atoms with Gasteiger partial charge < -0.3 is 4.79 Å². The Morgan fingerprint density at radius 1 is 1.44 bits per heavy atom. The van der Waals surface area contributed by atoms with Gasteiger partial charge >= 0.3 is 0 Å². The second-order valence-corrected chi connectivity index (χ2v) is 4.76. The van der Waals surface area contributed by atoms with E-state index in [9.17, 15) is 4.79 Å². The van der Waals surface area contributed by atoms with Gasteiger partial charge in [0.15, 0.2) is 0 Å². The van der Waals surface area contributed by atoms with Crippen LogP contribution in [0, 0.1) is 6.92 Å². The number of rotatable bonds is 5. The SMILES string of the molecule is CCC(CCC(C)=O)c1ccc(Cl)c(C)c1. The third-order valence-electron chi connectivity index (χ3n) is 2.99. The van der Waals surface area contributed by atoms with Crippen LogP contribution in [0.3, 0.4) is 0 Å². The smallest absolute Gasteiger partial charge is 0.129 e. The Morgan fingerprint density at radius 3 is 2.62 bits per heavy atom. The molecule has 0 aliphatic carbocycles. The molecule has 0 aromatic heterocycles. The zero-order chi connectivity index (χ0) is 12.1. The molecule has 88 valence electrons. The highest BCUT2D eigenvalue weighted by Gasteiger charge is 2.11. The highest BCUT2D eigenvalue weighted by Crippen LogP contribution is 2.27. The average molecular weight is 239 g/mol. The van der Waals surface area contributed by atoms with Crippen LogP contribution in [0.5, 0.6) is 0 Å². The highest BCUT2D eigenvalue weighted by atomic mass is 35.5. The summed E-state index contributed by atoms with van der Waals surface area (Å²) in [4.78, 5) is 11.0. The Bertz CT molecular complexity index is 371. The summed E-state index contributed by atoms with van der Waals surface area (Å²) in [7, 11) is 0. The number of halogens is 1. The van der Waals surface area contributed by atoms with Crippen LogP contribution in [0.15, 0.2) is 18.2 Å². The highest BCUT2D eigenvalue weighted by molar-refractivity contribution is 6.31. The van der Waals surface area contributed by atoms with E-state index in [2.05, 4.69) is 19.1 Å². The van der Waals surface area contributed by atoms with E-state index >= 15 is 0 Å². The molecule has 0 saturated heterocycles. The minimum absolute atomic E-state index is 0.268. The summed E-state index contributed by atoms with van der Waals surface area (Å²) in [5.74, 6) is 0.740. The molecule has 0 bridgehead atoms. The molecule has 0 aliphatic heterocycles. The fourth-order valence-electron chi connectivity index (χ4n) is 1.91. The number of hydrogen-bond acceptors (Lipinski definition) is 1. The van der Waals surface area contributed by atoms with Crippen LogP contribution >= 0.6 is 11.6 Å². The van der Waals surface area contributed by atoms with E-state index in [1.165, 1.54) is 5.56 Å². The number of Topliss-reactive ketones (excluding diaryl/α,β-unsaturated/α-hetero) is 1. The summed E-state index contributed by atoms with van der Waals surface area (Å²) in [6, 6.07) is 6.16. The van der Waals surface area contributed by atoms with Crippen LogP contribution in [0.4, 0.5) is 0 Å². The number of carbonyl (C=O) groups is 1. The van der Waals surface area contributed by atoms with Crippen molar-refractivity contribution >= 4 is 17.4 Å². The quantitative estimate of drug-likeness (QED) is 0.738. The second-order valence-electron chi connectivity index (χ2n) is 4.35. The fourth-order valence-corrected chi connectivity index (χ4v) is 2.02. The van der Waals surface area contributed by atoms with Crippen molar-refractivity contribution < 1.29 is 4.79 Å². The normalized spacial score (nSPS) is 12.5. The molecule has 2 heteroatoms. The molecule has 0 heterocycles. The summed E-state index contributed by atoms with van der Waals surface area (Å²) in [5.41, 5.74) is 2.41. The number of aryl methyl sites for hydroxylation is 1. The van der Waals surface area contributed by atoms with Gasteiger partial charge in [-0.1, -0.05) is 30.7 Å². The van der Waals surface area contributed by atoms with Crippen LogP contribution in [0.2, 0.25) is 5.02 Å². The van der Waals surface area contributed by atoms with Crippen LogP contribution in [-0.4, -0.2) is 5.78 Å². The lowest BCUT2D eigenvalue weighted by molar-refractivity contribution is -0.117. The first-order valence-corrected chi connectivity index (χ1v) is 6.17. The topological polar surface area (TPSA) is 17.1 Å². The predicted molar refractivity (Wildman–Crippen MR) is 69.1 cm³/mol. The lowest BCUT2D eigenvalue weighted by atomic mass is 9.90. The maximum absolute atomic E-state index is 11.0. The molecule has 1 atom stereocenters. The van der Waals surface area contributed by atoms with Gasteiger partial charge in [-0.15, -0.1) is 0 Å². The maximum Gasteiger partial charge on any atom is 0.129 e. The standard InChI is InChI=1S/C14H19ClO/c1-4-12(6-5-11(3)16)13-7-8-14(15)10(2)9-13/h7-9,12H,4-6H2,1-3H3. The minimum Gasteiger partial charge on any atom is -0.300 e. The first-order chi connectivity index (χ1) is 7.54. The number of ketones is 1. The molecule has 1 aromatic carbocycles. The van der Waals surface area contributed by atoms with E-state index in [0.29, 0.717) is 12.3 Å². The Morgan fingerprint density at radius 2 is 2.12 bits per heavy atom. The third-order valence-corrected chi connectivity index (χ3v) is 3.42. The first kappa shape index (κ1) is 13.2. The van der Waals surface area contributed by atoms with Gasteiger partial charge in [-0.25, -0.2) is 0 Å². The maximum atomic E-state index is 11.0. The van der Waals surface area contributed by atoms with Gasteiger partial charge in [-0.2, -0.15) is 0 Å². The molecule has 0 spiro atoms. The van der Waals surface area contributed by atoms with E-state index in [1.54, 1.807) is 6.92 Å². The minimum atomic E-state index is 0.268. The molecule has 0 fully saturated rings. The van der Waals surface area contributed by atoms with Gasteiger partial charge in [-0.05, 0) is 49.8 Å². The van der Waals surface area contributed by atoms with Crippen LogP contribution in [0.25, 0.3) is 0 Å². The second kappa shape index (κ2) is 6.05. The molecule has 1 unspecified atom stereocenters. The molecular formula is C14H19ClO. The molecule has 0 radical (unpaired) electrons. The number of hydrogen-bond donors (Lipinski definition) is 0. The number of carbonyl (C=O) groups excluding carboxylic acids is 1. The Hall–Kier alpha value is -0.820. The van der Waals surface area contributed by atoms with E-state index in [-0.39, 0.29) is 5.78 Å². The van der Waals surface area contributed by atoms with E-state index < -0.39 is 0 Å². The molecule has 1 rings (SSSR count).